The van der Waals surface area contributed by atoms with E-state index in [0.717, 1.165) is 62.5 Å². The third-order valence-corrected chi connectivity index (χ3v) is 7.30. The van der Waals surface area contributed by atoms with E-state index in [4.69, 9.17) is 0 Å². The van der Waals surface area contributed by atoms with Crippen LogP contribution in [0.1, 0.15) is 74.4 Å². The third kappa shape index (κ3) is 4.92. The number of rotatable bonds is 4. The number of aromatic nitrogens is 2. The van der Waals surface area contributed by atoms with Crippen LogP contribution < -0.4 is 15.5 Å². The van der Waals surface area contributed by atoms with Gasteiger partial charge in [0, 0.05) is 48.9 Å². The van der Waals surface area contributed by atoms with E-state index >= 15 is 0 Å². The van der Waals surface area contributed by atoms with Gasteiger partial charge in [-0.15, -0.1) is 37.2 Å². The van der Waals surface area contributed by atoms with Crippen LogP contribution in [-0.4, -0.2) is 40.8 Å². The Balaban J connectivity index is 0.00000128. The zero-order valence-corrected chi connectivity index (χ0v) is 22.0. The van der Waals surface area contributed by atoms with Gasteiger partial charge < -0.3 is 20.6 Å². The number of nitrogens with zero attached hydrogens (tertiary/aromatic N) is 3. The molecule has 0 unspecified atom stereocenters. The molecule has 1 aliphatic carbocycles. The van der Waals surface area contributed by atoms with Crippen LogP contribution >= 0.6 is 37.2 Å². The summed E-state index contributed by atoms with van der Waals surface area (Å²) in [5.74, 6) is 1.35. The second kappa shape index (κ2) is 11.0. The number of hydrogen-bond acceptors (Lipinski definition) is 6. The predicted molar refractivity (Wildman–Crippen MR) is 142 cm³/mol. The van der Waals surface area contributed by atoms with Crippen molar-refractivity contribution in [2.24, 2.45) is 0 Å². The van der Waals surface area contributed by atoms with Gasteiger partial charge in [-0.1, -0.05) is 32.9 Å². The van der Waals surface area contributed by atoms with Gasteiger partial charge in [-0.3, -0.25) is 0 Å². The highest BCUT2D eigenvalue weighted by atomic mass is 35.5. The molecule has 3 N–H and O–H groups in total. The summed E-state index contributed by atoms with van der Waals surface area (Å²) in [4.78, 5) is 11.5. The Morgan fingerprint density at radius 2 is 1.91 bits per heavy atom. The SMILES string of the molecule is CC(C)NCc1cccc2c1C1(CCN(c3ncnc4c3[C@H](C)C[C@H]4O)CC1)CN2.Cl.Cl.Cl. The summed E-state index contributed by atoms with van der Waals surface area (Å²) in [7, 11) is 0. The highest BCUT2D eigenvalue weighted by Crippen LogP contribution is 2.48. The van der Waals surface area contributed by atoms with Gasteiger partial charge in [-0.2, -0.15) is 0 Å². The van der Waals surface area contributed by atoms with Gasteiger partial charge in [-0.05, 0) is 42.4 Å². The topological polar surface area (TPSA) is 73.3 Å². The highest BCUT2D eigenvalue weighted by Gasteiger charge is 2.44. The molecule has 2 aliphatic heterocycles. The first-order valence-corrected chi connectivity index (χ1v) is 11.4. The van der Waals surface area contributed by atoms with Crippen molar-refractivity contribution in [2.75, 3.05) is 29.9 Å². The van der Waals surface area contributed by atoms with Crippen LogP contribution in [0, 0.1) is 0 Å². The standard InChI is InChI=1S/C24H33N5O.3ClH/c1-15(2)25-12-17-5-4-6-18-21(17)24(13-26-18)7-9-29(10-8-24)23-20-16(3)11-19(30)22(20)27-14-28-23;;;/h4-6,14-16,19,25-26,30H,7-13H2,1-3H3;3*1H/t16-,19-;;;/m1.../s1. The summed E-state index contributed by atoms with van der Waals surface area (Å²) >= 11 is 0. The average Bonchev–Trinajstić information content (AvgIpc) is 3.25. The number of benzene rings is 1. The number of piperidine rings is 1. The summed E-state index contributed by atoms with van der Waals surface area (Å²) < 4.78 is 0. The highest BCUT2D eigenvalue weighted by molar-refractivity contribution is 5.86. The fraction of sp³-hybridized carbons (Fsp3) is 0.583. The fourth-order valence-corrected chi connectivity index (χ4v) is 5.72. The lowest BCUT2D eigenvalue weighted by atomic mass is 9.72. The van der Waals surface area contributed by atoms with Crippen molar-refractivity contribution in [3.63, 3.8) is 0 Å². The molecule has 2 atom stereocenters. The molecule has 1 spiro atoms. The van der Waals surface area contributed by atoms with E-state index in [2.05, 4.69) is 64.5 Å². The Bertz CT molecular complexity index is 950. The molecule has 1 saturated heterocycles. The maximum absolute atomic E-state index is 10.3. The van der Waals surface area contributed by atoms with Crippen LogP contribution in [0.25, 0.3) is 0 Å². The molecule has 184 valence electrons. The normalized spacial score (nSPS) is 22.0. The largest absolute Gasteiger partial charge is 0.387 e. The number of nitrogens with one attached hydrogen (secondary N) is 2. The summed E-state index contributed by atoms with van der Waals surface area (Å²) in [5.41, 5.74) is 6.46. The van der Waals surface area contributed by atoms with Gasteiger partial charge in [0.1, 0.15) is 12.1 Å². The van der Waals surface area contributed by atoms with Crippen LogP contribution in [0.4, 0.5) is 11.5 Å². The molecule has 33 heavy (non-hydrogen) atoms. The van der Waals surface area contributed by atoms with E-state index in [9.17, 15) is 5.11 Å². The van der Waals surface area contributed by atoms with E-state index in [-0.39, 0.29) is 42.6 Å². The second-order valence-electron chi connectivity index (χ2n) is 9.64. The summed E-state index contributed by atoms with van der Waals surface area (Å²) in [6.45, 7) is 10.5. The molecule has 6 nitrogen and oxygen atoms in total. The van der Waals surface area contributed by atoms with Crippen LogP contribution in [0.2, 0.25) is 0 Å². The monoisotopic (exact) mass is 515 g/mol. The number of fused-ring (bicyclic) bond motifs is 3. The first kappa shape index (κ1) is 27.9. The molecule has 1 aromatic heterocycles. The van der Waals surface area contributed by atoms with Gasteiger partial charge in [0.2, 0.25) is 0 Å². The molecule has 0 radical (unpaired) electrons. The molecule has 1 aromatic carbocycles. The third-order valence-electron chi connectivity index (χ3n) is 7.30. The molecule has 0 bridgehead atoms. The van der Waals surface area contributed by atoms with Gasteiger partial charge >= 0.3 is 0 Å². The van der Waals surface area contributed by atoms with E-state index in [1.54, 1.807) is 6.33 Å². The zero-order valence-electron chi connectivity index (χ0n) is 19.5. The number of hydrogen-bond donors (Lipinski definition) is 3. The van der Waals surface area contributed by atoms with Crippen molar-refractivity contribution in [1.82, 2.24) is 15.3 Å². The molecule has 2 aromatic rings. The first-order valence-electron chi connectivity index (χ1n) is 11.4. The Morgan fingerprint density at radius 3 is 2.61 bits per heavy atom. The number of anilines is 2. The Kier molecular flexibility index (Phi) is 9.27. The van der Waals surface area contributed by atoms with Gasteiger partial charge in [0.25, 0.3) is 0 Å². The average molecular weight is 517 g/mol. The maximum Gasteiger partial charge on any atom is 0.135 e. The number of halogens is 3. The fourth-order valence-electron chi connectivity index (χ4n) is 5.72. The minimum absolute atomic E-state index is 0. The number of aliphatic hydroxyl groups is 1. The number of aliphatic hydroxyl groups excluding tert-OH is 1. The molecule has 0 saturated carbocycles. The van der Waals surface area contributed by atoms with Gasteiger partial charge in [0.05, 0.1) is 11.8 Å². The molecule has 1 fully saturated rings. The lowest BCUT2D eigenvalue weighted by molar-refractivity contribution is 0.170. The molecule has 3 aliphatic rings. The quantitative estimate of drug-likeness (QED) is 0.545. The van der Waals surface area contributed by atoms with Crippen molar-refractivity contribution in [1.29, 1.82) is 0 Å². The zero-order chi connectivity index (χ0) is 20.9. The molecular weight excluding hydrogens is 481 g/mol. The minimum atomic E-state index is -0.449. The Hall–Kier alpha value is -1.31. The Morgan fingerprint density at radius 1 is 1.18 bits per heavy atom. The summed E-state index contributed by atoms with van der Waals surface area (Å²) in [6, 6.07) is 7.17. The smallest absolute Gasteiger partial charge is 0.135 e. The molecule has 0 amide bonds. The van der Waals surface area contributed by atoms with Crippen LogP contribution in [0.5, 0.6) is 0 Å². The molecule has 5 rings (SSSR count). The molecular formula is C24H36Cl3N5O. The lowest BCUT2D eigenvalue weighted by Crippen LogP contribution is -2.45. The minimum Gasteiger partial charge on any atom is -0.387 e. The first-order chi connectivity index (χ1) is 14.5. The van der Waals surface area contributed by atoms with E-state index in [0.29, 0.717) is 12.0 Å². The summed E-state index contributed by atoms with van der Waals surface area (Å²) in [5, 5.41) is 17.6. The molecule has 3 heterocycles. The van der Waals surface area contributed by atoms with Crippen molar-refractivity contribution < 1.29 is 5.11 Å². The van der Waals surface area contributed by atoms with Crippen molar-refractivity contribution in [3.8, 4) is 0 Å². The van der Waals surface area contributed by atoms with Gasteiger partial charge in [0.15, 0.2) is 0 Å². The van der Waals surface area contributed by atoms with E-state index in [1.807, 2.05) is 0 Å². The van der Waals surface area contributed by atoms with Crippen molar-refractivity contribution in [3.05, 3.63) is 46.9 Å². The van der Waals surface area contributed by atoms with Crippen molar-refractivity contribution >= 4 is 48.7 Å². The van der Waals surface area contributed by atoms with Crippen LogP contribution in [0.3, 0.4) is 0 Å². The van der Waals surface area contributed by atoms with Gasteiger partial charge in [-0.25, -0.2) is 9.97 Å². The predicted octanol–water partition coefficient (Wildman–Crippen LogP) is 4.74. The maximum atomic E-state index is 10.3. The van der Waals surface area contributed by atoms with Crippen molar-refractivity contribution in [2.45, 2.75) is 70.1 Å². The van der Waals surface area contributed by atoms with Crippen LogP contribution in [0.15, 0.2) is 24.5 Å². The second-order valence-corrected chi connectivity index (χ2v) is 9.64. The Labute approximate surface area is 215 Å². The van der Waals surface area contributed by atoms with Crippen LogP contribution in [-0.2, 0) is 12.0 Å². The summed E-state index contributed by atoms with van der Waals surface area (Å²) in [6.07, 6.45) is 4.15. The van der Waals surface area contributed by atoms with E-state index < -0.39 is 6.10 Å². The van der Waals surface area contributed by atoms with E-state index in [1.165, 1.54) is 16.8 Å². The molecule has 9 heteroatoms. The lowest BCUT2D eigenvalue weighted by Gasteiger charge is -2.41.